The molecule has 0 spiro atoms. The van der Waals surface area contributed by atoms with Gasteiger partial charge in [0.2, 0.25) is 10.0 Å². The first-order valence-electron chi connectivity index (χ1n) is 5.65. The van der Waals surface area contributed by atoms with Gasteiger partial charge in [-0.2, -0.15) is 0 Å². The third-order valence-electron chi connectivity index (χ3n) is 2.52. The van der Waals surface area contributed by atoms with Gasteiger partial charge in [0, 0.05) is 26.0 Å². The Morgan fingerprint density at radius 1 is 1.35 bits per heavy atom. The fourth-order valence-electron chi connectivity index (χ4n) is 1.46. The molecule has 0 aromatic carbocycles. The second kappa shape index (κ2) is 6.68. The van der Waals surface area contributed by atoms with Gasteiger partial charge in [-0.1, -0.05) is 6.42 Å². The van der Waals surface area contributed by atoms with Gasteiger partial charge in [-0.05, 0) is 31.5 Å². The van der Waals surface area contributed by atoms with E-state index in [0.717, 1.165) is 19.3 Å². The Balaban J connectivity index is 2.59. The van der Waals surface area contributed by atoms with Crippen molar-refractivity contribution in [3.63, 3.8) is 0 Å². The number of nitrogens with zero attached hydrogens (tertiary/aromatic N) is 2. The topological polar surface area (TPSA) is 76.3 Å². The zero-order chi connectivity index (χ0) is 12.7. The maximum atomic E-state index is 12.1. The van der Waals surface area contributed by atoms with Crippen molar-refractivity contribution in [3.05, 3.63) is 24.5 Å². The fraction of sp³-hybridized carbons (Fsp3) is 0.545. The Morgan fingerprint density at radius 3 is 2.71 bits per heavy atom. The minimum atomic E-state index is -3.39. The molecular weight excluding hydrogens is 238 g/mol. The fourth-order valence-corrected chi connectivity index (χ4v) is 2.63. The molecule has 96 valence electrons. The first-order chi connectivity index (χ1) is 8.09. The van der Waals surface area contributed by atoms with Crippen LogP contribution in [-0.4, -0.2) is 37.8 Å². The molecule has 1 rings (SSSR count). The lowest BCUT2D eigenvalue weighted by atomic mass is 10.2. The highest BCUT2D eigenvalue weighted by atomic mass is 32.2. The Hall–Kier alpha value is -0.980. The standard InChI is InChI=1S/C11H19N3O2S/c1-14(9-4-2-3-7-12)17(15,16)11-6-5-8-13-10-11/h5-6,8,10H,2-4,7,9,12H2,1H3. The summed E-state index contributed by atoms with van der Waals surface area (Å²) in [6, 6.07) is 3.17. The molecule has 0 radical (unpaired) electrons. The molecule has 1 aromatic heterocycles. The molecule has 0 unspecified atom stereocenters. The molecule has 0 aliphatic rings. The van der Waals surface area contributed by atoms with Crippen LogP contribution in [0, 0.1) is 0 Å². The molecule has 1 heterocycles. The molecule has 1 aromatic rings. The maximum absolute atomic E-state index is 12.1. The molecule has 0 aliphatic heterocycles. The summed E-state index contributed by atoms with van der Waals surface area (Å²) in [6.45, 7) is 1.16. The van der Waals surface area contributed by atoms with E-state index in [1.165, 1.54) is 10.5 Å². The number of hydrogen-bond acceptors (Lipinski definition) is 4. The van der Waals surface area contributed by atoms with Crippen LogP contribution in [0.2, 0.25) is 0 Å². The van der Waals surface area contributed by atoms with E-state index in [-0.39, 0.29) is 4.90 Å². The van der Waals surface area contributed by atoms with E-state index in [4.69, 9.17) is 5.73 Å². The smallest absolute Gasteiger partial charge is 0.244 e. The monoisotopic (exact) mass is 257 g/mol. The van der Waals surface area contributed by atoms with Gasteiger partial charge in [-0.3, -0.25) is 4.98 Å². The van der Waals surface area contributed by atoms with Gasteiger partial charge < -0.3 is 5.73 Å². The van der Waals surface area contributed by atoms with Crippen LogP contribution in [-0.2, 0) is 10.0 Å². The molecule has 0 atom stereocenters. The number of unbranched alkanes of at least 4 members (excludes halogenated alkanes) is 2. The van der Waals surface area contributed by atoms with Crippen molar-refractivity contribution >= 4 is 10.0 Å². The van der Waals surface area contributed by atoms with Gasteiger partial charge >= 0.3 is 0 Å². The van der Waals surface area contributed by atoms with E-state index in [1.54, 1.807) is 25.4 Å². The molecule has 0 bridgehead atoms. The molecule has 0 saturated heterocycles. The quantitative estimate of drug-likeness (QED) is 0.734. The average molecular weight is 257 g/mol. The zero-order valence-electron chi connectivity index (χ0n) is 10.0. The predicted octanol–water partition coefficient (Wildman–Crippen LogP) is 0.831. The highest BCUT2D eigenvalue weighted by molar-refractivity contribution is 7.89. The maximum Gasteiger partial charge on any atom is 0.244 e. The minimum absolute atomic E-state index is 0.237. The van der Waals surface area contributed by atoms with Crippen LogP contribution >= 0.6 is 0 Å². The van der Waals surface area contributed by atoms with Crippen LogP contribution in [0.5, 0.6) is 0 Å². The third-order valence-corrected chi connectivity index (χ3v) is 4.36. The Morgan fingerprint density at radius 2 is 2.12 bits per heavy atom. The second-order valence-corrected chi connectivity index (χ2v) is 5.91. The Bertz CT molecular complexity index is 420. The van der Waals surface area contributed by atoms with Crippen LogP contribution in [0.15, 0.2) is 29.4 Å². The number of pyridine rings is 1. The number of sulfonamides is 1. The molecule has 0 amide bonds. The summed E-state index contributed by atoms with van der Waals surface area (Å²) in [5.74, 6) is 0. The summed E-state index contributed by atoms with van der Waals surface area (Å²) in [7, 11) is -1.80. The Labute approximate surface area is 103 Å². The normalized spacial score (nSPS) is 11.9. The van der Waals surface area contributed by atoms with Crippen LogP contribution in [0.4, 0.5) is 0 Å². The lowest BCUT2D eigenvalue weighted by Gasteiger charge is -2.16. The summed E-state index contributed by atoms with van der Waals surface area (Å²) in [4.78, 5) is 4.06. The molecule has 0 saturated carbocycles. The minimum Gasteiger partial charge on any atom is -0.330 e. The van der Waals surface area contributed by atoms with E-state index in [0.29, 0.717) is 13.1 Å². The zero-order valence-corrected chi connectivity index (χ0v) is 10.9. The van der Waals surface area contributed by atoms with Crippen molar-refractivity contribution < 1.29 is 8.42 Å². The second-order valence-electron chi connectivity index (χ2n) is 3.86. The Kier molecular flexibility index (Phi) is 5.54. The van der Waals surface area contributed by atoms with Gasteiger partial charge in [0.25, 0.3) is 0 Å². The highest BCUT2D eigenvalue weighted by Crippen LogP contribution is 2.12. The summed E-state index contributed by atoms with van der Waals surface area (Å²) in [6.07, 6.45) is 5.63. The van der Waals surface area contributed by atoms with Crippen molar-refractivity contribution in [2.45, 2.75) is 24.2 Å². The van der Waals surface area contributed by atoms with Crippen molar-refractivity contribution in [1.29, 1.82) is 0 Å². The molecule has 5 nitrogen and oxygen atoms in total. The van der Waals surface area contributed by atoms with Gasteiger partial charge in [0.15, 0.2) is 0 Å². The molecular formula is C11H19N3O2S. The molecule has 6 heteroatoms. The van der Waals surface area contributed by atoms with E-state index in [2.05, 4.69) is 4.98 Å². The summed E-state index contributed by atoms with van der Waals surface area (Å²) < 4.78 is 25.5. The van der Waals surface area contributed by atoms with Crippen molar-refractivity contribution in [3.8, 4) is 0 Å². The summed E-state index contributed by atoms with van der Waals surface area (Å²) in [5.41, 5.74) is 5.38. The number of nitrogens with two attached hydrogens (primary N) is 1. The van der Waals surface area contributed by atoms with E-state index < -0.39 is 10.0 Å². The van der Waals surface area contributed by atoms with Gasteiger partial charge in [0.1, 0.15) is 4.90 Å². The number of hydrogen-bond donors (Lipinski definition) is 1. The van der Waals surface area contributed by atoms with Crippen molar-refractivity contribution in [2.75, 3.05) is 20.1 Å². The van der Waals surface area contributed by atoms with Crippen LogP contribution in [0.3, 0.4) is 0 Å². The lowest BCUT2D eigenvalue weighted by Crippen LogP contribution is -2.28. The van der Waals surface area contributed by atoms with E-state index in [1.807, 2.05) is 0 Å². The van der Waals surface area contributed by atoms with E-state index in [9.17, 15) is 8.42 Å². The van der Waals surface area contributed by atoms with Crippen LogP contribution in [0.25, 0.3) is 0 Å². The van der Waals surface area contributed by atoms with Crippen LogP contribution in [0.1, 0.15) is 19.3 Å². The van der Waals surface area contributed by atoms with Gasteiger partial charge in [-0.25, -0.2) is 12.7 Å². The first kappa shape index (κ1) is 14.1. The van der Waals surface area contributed by atoms with E-state index >= 15 is 0 Å². The molecule has 0 aliphatic carbocycles. The number of rotatable bonds is 7. The molecule has 17 heavy (non-hydrogen) atoms. The van der Waals surface area contributed by atoms with Crippen LogP contribution < -0.4 is 5.73 Å². The SMILES string of the molecule is CN(CCCCCN)S(=O)(=O)c1cccnc1. The highest BCUT2D eigenvalue weighted by Gasteiger charge is 2.19. The third kappa shape index (κ3) is 4.07. The largest absolute Gasteiger partial charge is 0.330 e. The number of aromatic nitrogens is 1. The first-order valence-corrected chi connectivity index (χ1v) is 7.09. The van der Waals surface area contributed by atoms with Gasteiger partial charge in [0.05, 0.1) is 0 Å². The summed E-state index contributed by atoms with van der Waals surface area (Å²) >= 11 is 0. The lowest BCUT2D eigenvalue weighted by molar-refractivity contribution is 0.452. The summed E-state index contributed by atoms with van der Waals surface area (Å²) in [5, 5.41) is 0. The van der Waals surface area contributed by atoms with Crippen molar-refractivity contribution in [1.82, 2.24) is 9.29 Å². The van der Waals surface area contributed by atoms with Gasteiger partial charge in [-0.15, -0.1) is 0 Å². The average Bonchev–Trinajstić information content (AvgIpc) is 2.35. The van der Waals surface area contributed by atoms with Crippen molar-refractivity contribution in [2.24, 2.45) is 5.73 Å². The molecule has 0 fully saturated rings. The molecule has 2 N–H and O–H groups in total. The predicted molar refractivity (Wildman–Crippen MR) is 67.0 cm³/mol.